The van der Waals surface area contributed by atoms with Crippen molar-refractivity contribution in [2.75, 3.05) is 38.2 Å². The molecular weight excluding hydrogens is 324 g/mol. The molecule has 134 valence electrons. The number of hydrogen-bond acceptors (Lipinski definition) is 4. The summed E-state index contributed by atoms with van der Waals surface area (Å²) in [5.41, 5.74) is 3.43. The Balaban J connectivity index is 1.36. The van der Waals surface area contributed by atoms with Crippen LogP contribution in [0.15, 0.2) is 60.8 Å². The fourth-order valence-corrected chi connectivity index (χ4v) is 3.46. The minimum absolute atomic E-state index is 0.854. The summed E-state index contributed by atoms with van der Waals surface area (Å²) >= 11 is 0. The summed E-state index contributed by atoms with van der Waals surface area (Å²) in [7, 11) is 1.73. The fourth-order valence-electron chi connectivity index (χ4n) is 3.46. The molecule has 4 rings (SSSR count). The van der Waals surface area contributed by atoms with Crippen LogP contribution in [0.5, 0.6) is 5.75 Å². The molecule has 5 heteroatoms. The molecule has 1 saturated heterocycles. The van der Waals surface area contributed by atoms with Crippen molar-refractivity contribution in [1.82, 2.24) is 14.9 Å². The SMILES string of the molecule is COc1ccccc1N1CCN(Cc2ncc(-c3ccccc3)[nH]2)CC1. The van der Waals surface area contributed by atoms with Gasteiger partial charge in [0.1, 0.15) is 11.6 Å². The third-order valence-electron chi connectivity index (χ3n) is 4.88. The zero-order valence-corrected chi connectivity index (χ0v) is 15.1. The van der Waals surface area contributed by atoms with Crippen molar-refractivity contribution < 1.29 is 4.74 Å². The van der Waals surface area contributed by atoms with Crippen LogP contribution in [0.25, 0.3) is 11.3 Å². The Hall–Kier alpha value is -2.79. The zero-order chi connectivity index (χ0) is 17.8. The van der Waals surface area contributed by atoms with E-state index in [4.69, 9.17) is 4.74 Å². The van der Waals surface area contributed by atoms with Gasteiger partial charge in [-0.2, -0.15) is 0 Å². The lowest BCUT2D eigenvalue weighted by Crippen LogP contribution is -2.46. The van der Waals surface area contributed by atoms with E-state index in [0.717, 1.165) is 50.0 Å². The summed E-state index contributed by atoms with van der Waals surface area (Å²) < 4.78 is 5.50. The molecule has 0 spiro atoms. The topological polar surface area (TPSA) is 44.4 Å². The molecule has 2 heterocycles. The van der Waals surface area contributed by atoms with Gasteiger partial charge in [0, 0.05) is 26.2 Å². The van der Waals surface area contributed by atoms with Crippen LogP contribution in [0.4, 0.5) is 5.69 Å². The van der Waals surface area contributed by atoms with E-state index in [-0.39, 0.29) is 0 Å². The van der Waals surface area contributed by atoms with Gasteiger partial charge in [0.15, 0.2) is 0 Å². The summed E-state index contributed by atoms with van der Waals surface area (Å²) in [5.74, 6) is 1.97. The molecule has 2 aromatic carbocycles. The van der Waals surface area contributed by atoms with E-state index in [2.05, 4.69) is 44.0 Å². The van der Waals surface area contributed by atoms with E-state index in [9.17, 15) is 0 Å². The average Bonchev–Trinajstić information content (AvgIpc) is 3.18. The lowest BCUT2D eigenvalue weighted by Gasteiger charge is -2.36. The van der Waals surface area contributed by atoms with Crippen molar-refractivity contribution in [2.24, 2.45) is 0 Å². The molecule has 0 aliphatic carbocycles. The van der Waals surface area contributed by atoms with Crippen LogP contribution in [-0.2, 0) is 6.54 Å². The quantitative estimate of drug-likeness (QED) is 0.767. The van der Waals surface area contributed by atoms with Gasteiger partial charge in [-0.05, 0) is 17.7 Å². The first-order valence-electron chi connectivity index (χ1n) is 9.03. The van der Waals surface area contributed by atoms with Crippen molar-refractivity contribution in [2.45, 2.75) is 6.54 Å². The van der Waals surface area contributed by atoms with Gasteiger partial charge in [-0.3, -0.25) is 4.90 Å². The normalized spacial score (nSPS) is 15.2. The van der Waals surface area contributed by atoms with E-state index in [1.54, 1.807) is 7.11 Å². The molecule has 0 amide bonds. The van der Waals surface area contributed by atoms with E-state index >= 15 is 0 Å². The Morgan fingerprint density at radius 2 is 1.69 bits per heavy atom. The monoisotopic (exact) mass is 348 g/mol. The summed E-state index contributed by atoms with van der Waals surface area (Å²) in [6.07, 6.45) is 1.93. The van der Waals surface area contributed by atoms with Gasteiger partial charge in [-0.15, -0.1) is 0 Å². The average molecular weight is 348 g/mol. The van der Waals surface area contributed by atoms with Crippen molar-refractivity contribution in [3.8, 4) is 17.0 Å². The predicted octanol–water partition coefficient (Wildman–Crippen LogP) is 3.41. The zero-order valence-electron chi connectivity index (χ0n) is 15.1. The van der Waals surface area contributed by atoms with E-state index in [0.29, 0.717) is 0 Å². The Bertz CT molecular complexity index is 838. The molecule has 5 nitrogen and oxygen atoms in total. The first-order valence-corrected chi connectivity index (χ1v) is 9.03. The number of piperazine rings is 1. The third-order valence-corrected chi connectivity index (χ3v) is 4.88. The smallest absolute Gasteiger partial charge is 0.142 e. The Labute approximate surface area is 154 Å². The molecule has 26 heavy (non-hydrogen) atoms. The van der Waals surface area contributed by atoms with Crippen LogP contribution in [-0.4, -0.2) is 48.2 Å². The van der Waals surface area contributed by atoms with Crippen molar-refractivity contribution in [3.63, 3.8) is 0 Å². The highest BCUT2D eigenvalue weighted by atomic mass is 16.5. The number of imidazole rings is 1. The van der Waals surface area contributed by atoms with Gasteiger partial charge in [-0.1, -0.05) is 42.5 Å². The maximum atomic E-state index is 5.50. The van der Waals surface area contributed by atoms with Crippen LogP contribution in [0.1, 0.15) is 5.82 Å². The number of aromatic amines is 1. The molecule has 0 unspecified atom stereocenters. The van der Waals surface area contributed by atoms with Gasteiger partial charge in [0.25, 0.3) is 0 Å². The molecule has 1 aliphatic heterocycles. The van der Waals surface area contributed by atoms with Crippen LogP contribution < -0.4 is 9.64 Å². The molecule has 3 aromatic rings. The van der Waals surface area contributed by atoms with Gasteiger partial charge in [0.05, 0.1) is 31.2 Å². The summed E-state index contributed by atoms with van der Waals surface area (Å²) in [6, 6.07) is 18.6. The van der Waals surface area contributed by atoms with Crippen molar-refractivity contribution in [1.29, 1.82) is 0 Å². The lowest BCUT2D eigenvalue weighted by molar-refractivity contribution is 0.244. The number of H-pyrrole nitrogens is 1. The first kappa shape index (κ1) is 16.7. The molecule has 1 aromatic heterocycles. The number of hydrogen-bond donors (Lipinski definition) is 1. The van der Waals surface area contributed by atoms with Crippen LogP contribution >= 0.6 is 0 Å². The number of nitrogens with zero attached hydrogens (tertiary/aromatic N) is 3. The Kier molecular flexibility index (Phi) is 4.88. The predicted molar refractivity (Wildman–Crippen MR) is 105 cm³/mol. The number of anilines is 1. The second-order valence-corrected chi connectivity index (χ2v) is 6.54. The third kappa shape index (κ3) is 3.58. The fraction of sp³-hybridized carbons (Fsp3) is 0.286. The molecule has 0 saturated carbocycles. The van der Waals surface area contributed by atoms with E-state index < -0.39 is 0 Å². The minimum atomic E-state index is 0.854. The number of para-hydroxylation sites is 2. The van der Waals surface area contributed by atoms with E-state index in [1.165, 1.54) is 11.3 Å². The minimum Gasteiger partial charge on any atom is -0.495 e. The number of nitrogens with one attached hydrogen (secondary N) is 1. The van der Waals surface area contributed by atoms with Gasteiger partial charge in [0.2, 0.25) is 0 Å². The Morgan fingerprint density at radius 1 is 0.962 bits per heavy atom. The summed E-state index contributed by atoms with van der Waals surface area (Å²) in [6.45, 7) is 4.87. The maximum Gasteiger partial charge on any atom is 0.142 e. The highest BCUT2D eigenvalue weighted by Crippen LogP contribution is 2.28. The molecular formula is C21H24N4O. The standard InChI is InChI=1S/C21H24N4O/c1-26-20-10-6-5-9-19(20)25-13-11-24(12-14-25)16-21-22-15-18(23-21)17-7-3-2-4-8-17/h2-10,15H,11-14,16H2,1H3,(H,22,23). The largest absolute Gasteiger partial charge is 0.495 e. The molecule has 1 aliphatic rings. The lowest BCUT2D eigenvalue weighted by atomic mass is 10.2. The van der Waals surface area contributed by atoms with Crippen LogP contribution in [0.2, 0.25) is 0 Å². The van der Waals surface area contributed by atoms with E-state index in [1.807, 2.05) is 36.5 Å². The Morgan fingerprint density at radius 3 is 2.46 bits per heavy atom. The second-order valence-electron chi connectivity index (χ2n) is 6.54. The summed E-state index contributed by atoms with van der Waals surface area (Å²) in [5, 5.41) is 0. The highest BCUT2D eigenvalue weighted by molar-refractivity contribution is 5.59. The number of ether oxygens (including phenoxy) is 1. The number of rotatable bonds is 5. The molecule has 0 bridgehead atoms. The molecule has 0 radical (unpaired) electrons. The molecule has 0 atom stereocenters. The van der Waals surface area contributed by atoms with Crippen LogP contribution in [0.3, 0.4) is 0 Å². The molecule has 1 N–H and O–H groups in total. The second kappa shape index (κ2) is 7.62. The van der Waals surface area contributed by atoms with Gasteiger partial charge < -0.3 is 14.6 Å². The summed E-state index contributed by atoms with van der Waals surface area (Å²) in [4.78, 5) is 12.9. The van der Waals surface area contributed by atoms with Gasteiger partial charge >= 0.3 is 0 Å². The van der Waals surface area contributed by atoms with Crippen molar-refractivity contribution >= 4 is 5.69 Å². The van der Waals surface area contributed by atoms with Crippen molar-refractivity contribution in [3.05, 3.63) is 66.6 Å². The number of methoxy groups -OCH3 is 1. The van der Waals surface area contributed by atoms with Crippen LogP contribution in [0, 0.1) is 0 Å². The number of benzene rings is 2. The molecule has 1 fully saturated rings. The number of aromatic nitrogens is 2. The first-order chi connectivity index (χ1) is 12.8. The van der Waals surface area contributed by atoms with Gasteiger partial charge in [-0.25, -0.2) is 4.98 Å². The highest BCUT2D eigenvalue weighted by Gasteiger charge is 2.20. The maximum absolute atomic E-state index is 5.50.